The number of rotatable bonds is 6. The zero-order valence-electron chi connectivity index (χ0n) is 20.3. The fourth-order valence-corrected chi connectivity index (χ4v) is 7.64. The first kappa shape index (κ1) is 22.5. The van der Waals surface area contributed by atoms with Crippen molar-refractivity contribution in [1.82, 2.24) is 4.90 Å². The number of hydrogen-bond donors (Lipinski definition) is 1. The van der Waals surface area contributed by atoms with Gasteiger partial charge in [-0.2, -0.15) is 0 Å². The molecule has 1 saturated heterocycles. The number of nitrogens with one attached hydrogen (secondary N) is 1. The second kappa shape index (κ2) is 8.48. The molecule has 1 aromatic carbocycles. The van der Waals surface area contributed by atoms with Crippen molar-refractivity contribution in [2.45, 2.75) is 65.3 Å². The molecule has 33 heavy (non-hydrogen) atoms. The van der Waals surface area contributed by atoms with Gasteiger partial charge >= 0.3 is 0 Å². The van der Waals surface area contributed by atoms with Crippen LogP contribution in [0.15, 0.2) is 18.2 Å². The van der Waals surface area contributed by atoms with Gasteiger partial charge in [0, 0.05) is 49.9 Å². The maximum absolute atomic E-state index is 12.3. The van der Waals surface area contributed by atoms with Crippen LogP contribution < -0.4 is 10.2 Å². The quantitative estimate of drug-likeness (QED) is 0.488. The molecular weight excluding hydrogens is 416 g/mol. The summed E-state index contributed by atoms with van der Waals surface area (Å²) in [6.45, 7) is 9.02. The maximum atomic E-state index is 12.3. The molecular formula is C26H38N4O3. The second-order valence-electron chi connectivity index (χ2n) is 11.6. The van der Waals surface area contributed by atoms with Crippen LogP contribution in [0.2, 0.25) is 0 Å². The number of benzene rings is 1. The predicted molar refractivity (Wildman–Crippen MR) is 130 cm³/mol. The summed E-state index contributed by atoms with van der Waals surface area (Å²) in [6.07, 6.45) is 8.00. The van der Waals surface area contributed by atoms with Crippen LogP contribution in [0.5, 0.6) is 0 Å². The first-order valence-corrected chi connectivity index (χ1v) is 12.8. The standard InChI is InChI=1S/C26H38N4O3/c1-17(2)25(31)29-8-6-28(7-9-29)22-4-5-24(30(32)33)23(13-22)27-18(3)26-14-19-10-20(15-26)12-21(11-19)16-26/h4-5,13,17-21,27H,6-12,14-16H2,1-3H3/t18-,19?,20?,21?,26?/m0/s1. The highest BCUT2D eigenvalue weighted by Crippen LogP contribution is 2.61. The number of hydrogen-bond acceptors (Lipinski definition) is 5. The number of nitrogens with zero attached hydrogens (tertiary/aromatic N) is 3. The van der Waals surface area contributed by atoms with E-state index in [-0.39, 0.29) is 33.9 Å². The molecule has 0 radical (unpaired) electrons. The van der Waals surface area contributed by atoms with Crippen LogP contribution in [-0.2, 0) is 4.79 Å². The fraction of sp³-hybridized carbons (Fsp3) is 0.731. The number of piperazine rings is 1. The van der Waals surface area contributed by atoms with Crippen LogP contribution in [0.3, 0.4) is 0 Å². The number of carbonyl (C=O) groups excluding carboxylic acids is 1. The van der Waals surface area contributed by atoms with E-state index in [1.165, 1.54) is 38.5 Å². The summed E-state index contributed by atoms with van der Waals surface area (Å²) in [5.74, 6) is 2.77. The van der Waals surface area contributed by atoms with Crippen molar-refractivity contribution in [2.75, 3.05) is 36.4 Å². The zero-order valence-corrected chi connectivity index (χ0v) is 20.3. The molecule has 1 aromatic rings. The molecule has 1 aliphatic heterocycles. The van der Waals surface area contributed by atoms with Crippen LogP contribution in [-0.4, -0.2) is 48.0 Å². The molecule has 4 aliphatic carbocycles. The molecule has 5 aliphatic rings. The molecule has 5 fully saturated rings. The normalized spacial score (nSPS) is 31.7. The van der Waals surface area contributed by atoms with E-state index in [0.29, 0.717) is 18.8 Å². The number of anilines is 2. The van der Waals surface area contributed by atoms with E-state index >= 15 is 0 Å². The number of carbonyl (C=O) groups is 1. The van der Waals surface area contributed by atoms with E-state index in [1.54, 1.807) is 6.07 Å². The molecule has 0 spiro atoms. The minimum Gasteiger partial charge on any atom is -0.376 e. The van der Waals surface area contributed by atoms with Gasteiger partial charge in [0.15, 0.2) is 0 Å². The Balaban J connectivity index is 1.33. The predicted octanol–water partition coefficient (Wildman–Crippen LogP) is 4.92. The minimum absolute atomic E-state index is 0.0119. The topological polar surface area (TPSA) is 78.7 Å². The van der Waals surface area contributed by atoms with Gasteiger partial charge in [0.05, 0.1) is 4.92 Å². The number of nitro groups is 1. The van der Waals surface area contributed by atoms with Gasteiger partial charge in [0.25, 0.3) is 5.69 Å². The van der Waals surface area contributed by atoms with Gasteiger partial charge in [0.2, 0.25) is 5.91 Å². The lowest BCUT2D eigenvalue weighted by Crippen LogP contribution is -2.53. The van der Waals surface area contributed by atoms with E-state index in [0.717, 1.165) is 36.5 Å². The van der Waals surface area contributed by atoms with Crippen LogP contribution >= 0.6 is 0 Å². The highest BCUT2D eigenvalue weighted by molar-refractivity contribution is 5.78. The van der Waals surface area contributed by atoms with E-state index in [2.05, 4.69) is 17.1 Å². The summed E-state index contributed by atoms with van der Waals surface area (Å²) in [5, 5.41) is 15.5. The Morgan fingerprint density at radius 3 is 2.12 bits per heavy atom. The molecule has 0 aromatic heterocycles. The Kier molecular flexibility index (Phi) is 5.78. The zero-order chi connectivity index (χ0) is 23.3. The smallest absolute Gasteiger partial charge is 0.292 e. The molecule has 4 bridgehead atoms. The van der Waals surface area contributed by atoms with Crippen molar-refractivity contribution in [2.24, 2.45) is 29.1 Å². The second-order valence-corrected chi connectivity index (χ2v) is 11.6. The lowest BCUT2D eigenvalue weighted by molar-refractivity contribution is -0.384. The van der Waals surface area contributed by atoms with Gasteiger partial charge in [-0.15, -0.1) is 0 Å². The molecule has 180 valence electrons. The lowest BCUT2D eigenvalue weighted by atomic mass is 9.48. The van der Waals surface area contributed by atoms with Gasteiger partial charge < -0.3 is 15.1 Å². The summed E-state index contributed by atoms with van der Waals surface area (Å²) in [7, 11) is 0. The molecule has 1 N–H and O–H groups in total. The summed E-state index contributed by atoms with van der Waals surface area (Å²) >= 11 is 0. The van der Waals surface area contributed by atoms with Crippen molar-refractivity contribution in [3.8, 4) is 0 Å². The Hall–Kier alpha value is -2.31. The van der Waals surface area contributed by atoms with E-state index < -0.39 is 0 Å². The van der Waals surface area contributed by atoms with Crippen molar-refractivity contribution in [1.29, 1.82) is 0 Å². The molecule has 0 unspecified atom stereocenters. The average molecular weight is 455 g/mol. The third kappa shape index (κ3) is 4.19. The first-order chi connectivity index (χ1) is 15.7. The molecule has 1 atom stereocenters. The molecule has 1 heterocycles. The van der Waals surface area contributed by atoms with Crippen LogP contribution in [0, 0.1) is 39.2 Å². The third-order valence-corrected chi connectivity index (χ3v) is 9.00. The number of amides is 1. The van der Waals surface area contributed by atoms with E-state index in [1.807, 2.05) is 30.9 Å². The first-order valence-electron chi connectivity index (χ1n) is 12.8. The fourth-order valence-electron chi connectivity index (χ4n) is 7.64. The van der Waals surface area contributed by atoms with Crippen LogP contribution in [0.4, 0.5) is 17.1 Å². The third-order valence-electron chi connectivity index (χ3n) is 9.00. The van der Waals surface area contributed by atoms with Crippen LogP contribution in [0.25, 0.3) is 0 Å². The lowest BCUT2D eigenvalue weighted by Gasteiger charge is -2.59. The minimum atomic E-state index is -0.266. The van der Waals surface area contributed by atoms with E-state index in [4.69, 9.17) is 0 Å². The van der Waals surface area contributed by atoms with Gasteiger partial charge in [0.1, 0.15) is 5.69 Å². The summed E-state index contributed by atoms with van der Waals surface area (Å²) in [4.78, 5) is 28.1. The van der Waals surface area contributed by atoms with Crippen molar-refractivity contribution >= 4 is 23.0 Å². The molecule has 7 heteroatoms. The van der Waals surface area contributed by atoms with Gasteiger partial charge in [-0.1, -0.05) is 13.8 Å². The highest BCUT2D eigenvalue weighted by atomic mass is 16.6. The Bertz CT molecular complexity index is 887. The Morgan fingerprint density at radius 1 is 1.03 bits per heavy atom. The molecule has 4 saturated carbocycles. The SMILES string of the molecule is CC(C)C(=O)N1CCN(c2ccc([N+](=O)[O-])c(N[C@@H](C)C34CC5CC(CC(C5)C3)C4)c2)CC1. The largest absolute Gasteiger partial charge is 0.376 e. The number of nitro benzene ring substituents is 1. The Morgan fingerprint density at radius 2 is 1.61 bits per heavy atom. The molecule has 7 nitrogen and oxygen atoms in total. The van der Waals surface area contributed by atoms with Gasteiger partial charge in [-0.3, -0.25) is 14.9 Å². The maximum Gasteiger partial charge on any atom is 0.292 e. The summed E-state index contributed by atoms with van der Waals surface area (Å²) in [6, 6.07) is 5.70. The monoisotopic (exact) mass is 454 g/mol. The summed E-state index contributed by atoms with van der Waals surface area (Å²) in [5.41, 5.74) is 2.07. The average Bonchev–Trinajstić information content (AvgIpc) is 2.77. The molecule has 6 rings (SSSR count). The molecule has 1 amide bonds. The van der Waals surface area contributed by atoms with Crippen molar-refractivity contribution < 1.29 is 9.72 Å². The van der Waals surface area contributed by atoms with E-state index in [9.17, 15) is 14.9 Å². The van der Waals surface area contributed by atoms with Crippen molar-refractivity contribution in [3.63, 3.8) is 0 Å². The van der Waals surface area contributed by atoms with Gasteiger partial charge in [-0.05, 0) is 80.8 Å². The van der Waals surface area contributed by atoms with Gasteiger partial charge in [-0.25, -0.2) is 0 Å². The van der Waals surface area contributed by atoms with Crippen molar-refractivity contribution in [3.05, 3.63) is 28.3 Å². The summed E-state index contributed by atoms with van der Waals surface area (Å²) < 4.78 is 0. The van der Waals surface area contributed by atoms with Crippen LogP contribution in [0.1, 0.15) is 59.3 Å². The highest BCUT2D eigenvalue weighted by Gasteiger charge is 2.53. The Labute approximate surface area is 197 Å².